The fourth-order valence-corrected chi connectivity index (χ4v) is 5.15. The lowest BCUT2D eigenvalue weighted by atomic mass is 9.85. The minimum absolute atomic E-state index is 0.105. The zero-order valence-electron chi connectivity index (χ0n) is 14.7. The first-order valence-corrected chi connectivity index (χ1v) is 9.88. The standard InChI is InChI=1S/C19H24N2O3S/c1-12-7-8-17(24-12)18-20-14(11-25-18)10-21-15-6-4-3-5-13(15)9-16(21)19(22)23-2/h7-8,11,13,15-16H,3-6,9-10H2,1-2H3/t13-,15-,16+/m1/s1. The van der Waals surface area contributed by atoms with Gasteiger partial charge in [-0.15, -0.1) is 11.3 Å². The van der Waals surface area contributed by atoms with E-state index in [1.165, 1.54) is 32.8 Å². The van der Waals surface area contributed by atoms with Crippen LogP contribution in [0.5, 0.6) is 0 Å². The molecule has 0 amide bonds. The molecule has 0 N–H and O–H groups in total. The van der Waals surface area contributed by atoms with E-state index in [0.29, 0.717) is 18.5 Å². The van der Waals surface area contributed by atoms with Crippen molar-refractivity contribution in [1.82, 2.24) is 9.88 Å². The highest BCUT2D eigenvalue weighted by Gasteiger charge is 2.45. The number of hydrogen-bond acceptors (Lipinski definition) is 6. The largest absolute Gasteiger partial charge is 0.468 e. The Labute approximate surface area is 152 Å². The number of likely N-dealkylation sites (tertiary alicyclic amines) is 1. The molecule has 0 spiro atoms. The molecule has 3 heterocycles. The number of carbonyl (C=O) groups excluding carboxylic acids is 1. The van der Waals surface area contributed by atoms with Gasteiger partial charge in [0, 0.05) is 18.0 Å². The predicted octanol–water partition coefficient (Wildman–Crippen LogP) is 4.02. The van der Waals surface area contributed by atoms with E-state index in [9.17, 15) is 4.79 Å². The maximum atomic E-state index is 12.3. The molecule has 134 valence electrons. The van der Waals surface area contributed by atoms with Gasteiger partial charge in [-0.3, -0.25) is 9.69 Å². The van der Waals surface area contributed by atoms with E-state index in [-0.39, 0.29) is 12.0 Å². The van der Waals surface area contributed by atoms with Gasteiger partial charge >= 0.3 is 5.97 Å². The molecule has 4 rings (SSSR count). The number of nitrogens with zero attached hydrogens (tertiary/aromatic N) is 2. The molecule has 2 fully saturated rings. The van der Waals surface area contributed by atoms with E-state index in [2.05, 4.69) is 10.3 Å². The molecule has 0 radical (unpaired) electrons. The summed E-state index contributed by atoms with van der Waals surface area (Å²) in [5.41, 5.74) is 1.01. The highest BCUT2D eigenvalue weighted by Crippen LogP contribution is 2.41. The Kier molecular flexibility index (Phi) is 4.65. The van der Waals surface area contributed by atoms with Gasteiger partial charge in [0.15, 0.2) is 10.8 Å². The normalized spacial score (nSPS) is 26.6. The predicted molar refractivity (Wildman–Crippen MR) is 96.3 cm³/mol. The molecule has 0 bridgehead atoms. The molecule has 0 unspecified atom stereocenters. The number of esters is 1. The number of hydrogen-bond donors (Lipinski definition) is 0. The van der Waals surface area contributed by atoms with Crippen LogP contribution < -0.4 is 0 Å². The summed E-state index contributed by atoms with van der Waals surface area (Å²) in [5.74, 6) is 2.22. The quantitative estimate of drug-likeness (QED) is 0.771. The first-order valence-electron chi connectivity index (χ1n) is 9.00. The van der Waals surface area contributed by atoms with Crippen molar-refractivity contribution >= 4 is 17.3 Å². The topological polar surface area (TPSA) is 55.6 Å². The number of rotatable bonds is 4. The van der Waals surface area contributed by atoms with Gasteiger partial charge in [-0.1, -0.05) is 12.8 Å². The second-order valence-electron chi connectivity index (χ2n) is 7.11. The number of carbonyl (C=O) groups is 1. The van der Waals surface area contributed by atoms with Crippen LogP contribution in [0, 0.1) is 12.8 Å². The number of aromatic nitrogens is 1. The van der Waals surface area contributed by atoms with Crippen LogP contribution in [0.25, 0.3) is 10.8 Å². The third kappa shape index (κ3) is 3.25. The third-order valence-electron chi connectivity index (χ3n) is 5.54. The molecule has 2 aromatic heterocycles. The minimum atomic E-state index is -0.130. The molecule has 2 aliphatic rings. The van der Waals surface area contributed by atoms with Gasteiger partial charge < -0.3 is 9.15 Å². The summed E-state index contributed by atoms with van der Waals surface area (Å²) in [5, 5.41) is 2.98. The Morgan fingerprint density at radius 1 is 1.40 bits per heavy atom. The van der Waals surface area contributed by atoms with Crippen molar-refractivity contribution in [3.05, 3.63) is 29.0 Å². The van der Waals surface area contributed by atoms with Crippen molar-refractivity contribution in [1.29, 1.82) is 0 Å². The van der Waals surface area contributed by atoms with Gasteiger partial charge in [0.05, 0.1) is 12.8 Å². The number of ether oxygens (including phenoxy) is 1. The summed E-state index contributed by atoms with van der Waals surface area (Å²) in [7, 11) is 1.49. The summed E-state index contributed by atoms with van der Waals surface area (Å²) in [6.45, 7) is 2.64. The van der Waals surface area contributed by atoms with Gasteiger partial charge in [-0.05, 0) is 44.2 Å². The van der Waals surface area contributed by atoms with Gasteiger partial charge in [0.2, 0.25) is 0 Å². The summed E-state index contributed by atoms with van der Waals surface area (Å²) >= 11 is 1.60. The Balaban J connectivity index is 1.55. The maximum absolute atomic E-state index is 12.3. The lowest BCUT2D eigenvalue weighted by Crippen LogP contribution is -2.42. The first-order chi connectivity index (χ1) is 12.2. The van der Waals surface area contributed by atoms with E-state index in [1.807, 2.05) is 19.1 Å². The second-order valence-corrected chi connectivity index (χ2v) is 7.97. The van der Waals surface area contributed by atoms with Crippen LogP contribution in [0.1, 0.15) is 43.6 Å². The van der Waals surface area contributed by atoms with Crippen molar-refractivity contribution < 1.29 is 13.9 Å². The van der Waals surface area contributed by atoms with Crippen LogP contribution in [-0.4, -0.2) is 35.0 Å². The number of methoxy groups -OCH3 is 1. The Morgan fingerprint density at radius 3 is 3.00 bits per heavy atom. The lowest BCUT2D eigenvalue weighted by molar-refractivity contribution is -0.146. The van der Waals surface area contributed by atoms with Gasteiger partial charge in [-0.2, -0.15) is 0 Å². The Bertz CT molecular complexity index is 753. The van der Waals surface area contributed by atoms with Gasteiger partial charge in [0.25, 0.3) is 0 Å². The van der Waals surface area contributed by atoms with E-state index in [4.69, 9.17) is 14.1 Å². The fraction of sp³-hybridized carbons (Fsp3) is 0.579. The molecule has 5 nitrogen and oxygen atoms in total. The van der Waals surface area contributed by atoms with Crippen LogP contribution in [0.15, 0.2) is 21.9 Å². The highest BCUT2D eigenvalue weighted by molar-refractivity contribution is 7.13. The SMILES string of the molecule is COC(=O)[C@@H]1C[C@H]2CCCC[C@H]2N1Cc1csc(-c2ccc(C)o2)n1. The molecule has 1 saturated heterocycles. The molecule has 1 aliphatic heterocycles. The molecule has 25 heavy (non-hydrogen) atoms. The molecule has 0 aromatic carbocycles. The van der Waals surface area contributed by atoms with Crippen LogP contribution in [0.3, 0.4) is 0 Å². The molecule has 1 saturated carbocycles. The molecule has 1 aliphatic carbocycles. The molecule has 6 heteroatoms. The summed E-state index contributed by atoms with van der Waals surface area (Å²) in [6, 6.07) is 4.27. The molecular formula is C19H24N2O3S. The number of fused-ring (bicyclic) bond motifs is 1. The van der Waals surface area contributed by atoms with Crippen LogP contribution in [-0.2, 0) is 16.1 Å². The zero-order valence-corrected chi connectivity index (χ0v) is 15.6. The van der Waals surface area contributed by atoms with Crippen molar-refractivity contribution in [2.45, 2.75) is 57.7 Å². The number of furan rings is 1. The monoisotopic (exact) mass is 360 g/mol. The van der Waals surface area contributed by atoms with Crippen LogP contribution in [0.2, 0.25) is 0 Å². The van der Waals surface area contributed by atoms with E-state index in [0.717, 1.165) is 28.6 Å². The Hall–Kier alpha value is -1.66. The van der Waals surface area contributed by atoms with E-state index >= 15 is 0 Å². The minimum Gasteiger partial charge on any atom is -0.468 e. The van der Waals surface area contributed by atoms with Crippen LogP contribution in [0.4, 0.5) is 0 Å². The van der Waals surface area contributed by atoms with E-state index in [1.54, 1.807) is 11.3 Å². The second kappa shape index (κ2) is 6.92. The number of thiazole rings is 1. The zero-order chi connectivity index (χ0) is 17.4. The highest BCUT2D eigenvalue weighted by atomic mass is 32.1. The summed E-state index contributed by atoms with van der Waals surface area (Å²) in [6.07, 6.45) is 5.85. The van der Waals surface area contributed by atoms with E-state index < -0.39 is 0 Å². The molecule has 3 atom stereocenters. The average molecular weight is 360 g/mol. The fourth-order valence-electron chi connectivity index (χ4n) is 4.38. The summed E-state index contributed by atoms with van der Waals surface area (Å²) < 4.78 is 10.7. The lowest BCUT2D eigenvalue weighted by Gasteiger charge is -2.32. The van der Waals surface area contributed by atoms with Crippen molar-refractivity contribution in [3.63, 3.8) is 0 Å². The molecular weight excluding hydrogens is 336 g/mol. The van der Waals surface area contributed by atoms with Gasteiger partial charge in [0.1, 0.15) is 11.8 Å². The van der Waals surface area contributed by atoms with Crippen molar-refractivity contribution in [2.75, 3.05) is 7.11 Å². The summed E-state index contributed by atoms with van der Waals surface area (Å²) in [4.78, 5) is 19.4. The first kappa shape index (κ1) is 16.8. The smallest absolute Gasteiger partial charge is 0.323 e. The van der Waals surface area contributed by atoms with Crippen LogP contribution >= 0.6 is 11.3 Å². The molecule has 2 aromatic rings. The average Bonchev–Trinajstić information content (AvgIpc) is 3.34. The number of aryl methyl sites for hydroxylation is 1. The van der Waals surface area contributed by atoms with Crippen molar-refractivity contribution in [3.8, 4) is 10.8 Å². The van der Waals surface area contributed by atoms with Gasteiger partial charge in [-0.25, -0.2) is 4.98 Å². The maximum Gasteiger partial charge on any atom is 0.323 e. The van der Waals surface area contributed by atoms with Crippen molar-refractivity contribution in [2.24, 2.45) is 5.92 Å². The third-order valence-corrected chi connectivity index (χ3v) is 6.45. The Morgan fingerprint density at radius 2 is 2.24 bits per heavy atom.